The zero-order chi connectivity index (χ0) is 16.5. The molecule has 1 heterocycles. The number of aryl methyl sites for hydroxylation is 1. The van der Waals surface area contributed by atoms with E-state index in [4.69, 9.17) is 4.99 Å². The Morgan fingerprint density at radius 2 is 2.17 bits per heavy atom. The molecule has 0 spiro atoms. The van der Waals surface area contributed by atoms with Crippen LogP contribution in [0.25, 0.3) is 0 Å². The molecule has 0 aromatic heterocycles. The predicted octanol–water partition coefficient (Wildman–Crippen LogP) is 4.87. The van der Waals surface area contributed by atoms with Gasteiger partial charge in [-0.1, -0.05) is 23.9 Å². The minimum absolute atomic E-state index is 0. The highest BCUT2D eigenvalue weighted by atomic mass is 79.9. The third-order valence-electron chi connectivity index (χ3n) is 3.28. The zero-order valence-electron chi connectivity index (χ0n) is 13.8. The maximum Gasteiger partial charge on any atom is 0.269 e. The Morgan fingerprint density at radius 3 is 2.70 bits per heavy atom. The van der Waals surface area contributed by atoms with Crippen LogP contribution in [-0.2, 0) is 0 Å². The first-order valence-corrected chi connectivity index (χ1v) is 7.92. The lowest BCUT2D eigenvalue weighted by Crippen LogP contribution is -2.30. The fourth-order valence-electron chi connectivity index (χ4n) is 2.40. The maximum atomic E-state index is 10.8. The van der Waals surface area contributed by atoms with Gasteiger partial charge in [0, 0.05) is 30.0 Å². The molecule has 2 rings (SSSR count). The SMILES string of the molecule is Br.C=C(C)CN1CC(C)(C)SC1=Nc1ccc([N+](=O)[O-])cc1C. The van der Waals surface area contributed by atoms with Crippen molar-refractivity contribution >= 4 is 45.3 Å². The lowest BCUT2D eigenvalue weighted by molar-refractivity contribution is -0.384. The number of benzene rings is 1. The van der Waals surface area contributed by atoms with E-state index in [1.54, 1.807) is 23.9 Å². The average molecular weight is 400 g/mol. The molecule has 1 saturated heterocycles. The maximum absolute atomic E-state index is 10.8. The Kier molecular flexibility index (Phi) is 6.41. The van der Waals surface area contributed by atoms with Gasteiger partial charge in [0.1, 0.15) is 0 Å². The summed E-state index contributed by atoms with van der Waals surface area (Å²) in [5.41, 5.74) is 2.77. The molecular weight excluding hydrogens is 378 g/mol. The summed E-state index contributed by atoms with van der Waals surface area (Å²) in [4.78, 5) is 17.4. The van der Waals surface area contributed by atoms with Crippen molar-refractivity contribution in [2.75, 3.05) is 13.1 Å². The Bertz CT molecular complexity index is 659. The third kappa shape index (κ3) is 5.07. The zero-order valence-corrected chi connectivity index (χ0v) is 16.4. The van der Waals surface area contributed by atoms with Crippen LogP contribution in [0.15, 0.2) is 35.3 Å². The Labute approximate surface area is 151 Å². The molecule has 126 valence electrons. The van der Waals surface area contributed by atoms with E-state index in [-0.39, 0.29) is 32.3 Å². The van der Waals surface area contributed by atoms with E-state index in [2.05, 4.69) is 25.3 Å². The number of hydrogen-bond acceptors (Lipinski definition) is 4. The van der Waals surface area contributed by atoms with Crippen LogP contribution in [-0.4, -0.2) is 32.8 Å². The molecule has 1 aromatic carbocycles. The summed E-state index contributed by atoms with van der Waals surface area (Å²) in [6.07, 6.45) is 0. The molecule has 0 bridgehead atoms. The number of nitro benzene ring substituents is 1. The first-order valence-electron chi connectivity index (χ1n) is 7.10. The van der Waals surface area contributed by atoms with Crippen molar-refractivity contribution in [1.82, 2.24) is 4.90 Å². The number of halogens is 1. The van der Waals surface area contributed by atoms with Gasteiger partial charge in [0.2, 0.25) is 0 Å². The van der Waals surface area contributed by atoms with Gasteiger partial charge in [-0.2, -0.15) is 0 Å². The second-order valence-corrected chi connectivity index (χ2v) is 7.97. The quantitative estimate of drug-likeness (QED) is 0.411. The molecule has 0 atom stereocenters. The number of hydrogen-bond donors (Lipinski definition) is 0. The van der Waals surface area contributed by atoms with E-state index in [1.165, 1.54) is 6.07 Å². The van der Waals surface area contributed by atoms with E-state index in [1.807, 2.05) is 13.8 Å². The van der Waals surface area contributed by atoms with E-state index in [0.29, 0.717) is 0 Å². The fraction of sp³-hybridized carbons (Fsp3) is 0.438. The van der Waals surface area contributed by atoms with Crippen molar-refractivity contribution in [1.29, 1.82) is 0 Å². The highest BCUT2D eigenvalue weighted by molar-refractivity contribution is 8.93. The Balaban J connectivity index is 0.00000264. The van der Waals surface area contributed by atoms with Gasteiger partial charge in [-0.05, 0) is 39.3 Å². The summed E-state index contributed by atoms with van der Waals surface area (Å²) in [6, 6.07) is 4.78. The van der Waals surface area contributed by atoms with Crippen LogP contribution in [0, 0.1) is 17.0 Å². The van der Waals surface area contributed by atoms with Crippen LogP contribution in [0.2, 0.25) is 0 Å². The van der Waals surface area contributed by atoms with Gasteiger partial charge in [0.15, 0.2) is 5.17 Å². The first-order chi connectivity index (χ1) is 10.2. The van der Waals surface area contributed by atoms with Crippen molar-refractivity contribution in [3.05, 3.63) is 46.0 Å². The molecule has 7 heteroatoms. The molecule has 1 fully saturated rings. The number of aliphatic imine (C=N–C) groups is 1. The van der Waals surface area contributed by atoms with Crippen LogP contribution < -0.4 is 0 Å². The van der Waals surface area contributed by atoms with Crippen LogP contribution in [0.4, 0.5) is 11.4 Å². The highest BCUT2D eigenvalue weighted by Crippen LogP contribution is 2.37. The second kappa shape index (κ2) is 7.49. The summed E-state index contributed by atoms with van der Waals surface area (Å²) < 4.78 is 0.100. The Hall–Kier alpha value is -1.34. The smallest absolute Gasteiger partial charge is 0.269 e. The monoisotopic (exact) mass is 399 g/mol. The molecule has 0 radical (unpaired) electrons. The van der Waals surface area contributed by atoms with Gasteiger partial charge in [-0.15, -0.1) is 17.0 Å². The molecule has 0 amide bonds. The van der Waals surface area contributed by atoms with Crippen LogP contribution >= 0.6 is 28.7 Å². The highest BCUT2D eigenvalue weighted by Gasteiger charge is 2.35. The minimum Gasteiger partial charge on any atom is -0.346 e. The van der Waals surface area contributed by atoms with Crippen LogP contribution in [0.5, 0.6) is 0 Å². The number of non-ortho nitro benzene ring substituents is 1. The van der Waals surface area contributed by atoms with Gasteiger partial charge in [-0.3, -0.25) is 10.1 Å². The van der Waals surface area contributed by atoms with Crippen molar-refractivity contribution in [3.63, 3.8) is 0 Å². The van der Waals surface area contributed by atoms with Gasteiger partial charge >= 0.3 is 0 Å². The standard InChI is InChI=1S/C16H21N3O2S.BrH/c1-11(2)9-18-10-16(4,5)22-15(18)17-14-7-6-13(19(20)21)8-12(14)3;/h6-8H,1,9-10H2,2-5H3;1H. The molecule has 0 saturated carbocycles. The lowest BCUT2D eigenvalue weighted by atomic mass is 10.2. The average Bonchev–Trinajstić information content (AvgIpc) is 2.65. The lowest BCUT2D eigenvalue weighted by Gasteiger charge is -2.19. The van der Waals surface area contributed by atoms with Crippen LogP contribution in [0.1, 0.15) is 26.3 Å². The second-order valence-electron chi connectivity index (χ2n) is 6.30. The van der Waals surface area contributed by atoms with E-state index < -0.39 is 0 Å². The molecule has 0 unspecified atom stereocenters. The van der Waals surface area contributed by atoms with E-state index >= 15 is 0 Å². The van der Waals surface area contributed by atoms with Crippen molar-refractivity contribution in [3.8, 4) is 0 Å². The fourth-order valence-corrected chi connectivity index (χ4v) is 3.51. The van der Waals surface area contributed by atoms with Crippen LogP contribution in [0.3, 0.4) is 0 Å². The largest absolute Gasteiger partial charge is 0.346 e. The van der Waals surface area contributed by atoms with Crippen molar-refractivity contribution < 1.29 is 4.92 Å². The summed E-state index contributed by atoms with van der Waals surface area (Å²) in [6.45, 7) is 13.9. The van der Waals surface area contributed by atoms with Gasteiger partial charge in [0.25, 0.3) is 5.69 Å². The molecule has 0 N–H and O–H groups in total. The van der Waals surface area contributed by atoms with Crippen molar-refractivity contribution in [2.24, 2.45) is 4.99 Å². The number of amidine groups is 1. The first kappa shape index (κ1) is 19.7. The normalized spacial score (nSPS) is 17.9. The minimum atomic E-state index is -0.384. The van der Waals surface area contributed by atoms with E-state index in [0.717, 1.165) is 35.1 Å². The number of nitro groups is 1. The van der Waals surface area contributed by atoms with E-state index in [9.17, 15) is 10.1 Å². The predicted molar refractivity (Wildman–Crippen MR) is 103 cm³/mol. The van der Waals surface area contributed by atoms with Gasteiger partial charge < -0.3 is 4.90 Å². The van der Waals surface area contributed by atoms with Gasteiger partial charge in [0.05, 0.1) is 10.6 Å². The number of nitrogens with zero attached hydrogens (tertiary/aromatic N) is 3. The molecule has 1 aliphatic heterocycles. The molecule has 0 aliphatic carbocycles. The molecular formula is C16H22BrN3O2S. The summed E-state index contributed by atoms with van der Waals surface area (Å²) in [5, 5.41) is 11.8. The summed E-state index contributed by atoms with van der Waals surface area (Å²) in [5.74, 6) is 0. The van der Waals surface area contributed by atoms with Crippen molar-refractivity contribution in [2.45, 2.75) is 32.4 Å². The topological polar surface area (TPSA) is 58.7 Å². The molecule has 5 nitrogen and oxygen atoms in total. The molecule has 1 aliphatic rings. The van der Waals surface area contributed by atoms with Gasteiger partial charge in [-0.25, -0.2) is 4.99 Å². The number of rotatable bonds is 4. The number of thioether (sulfide) groups is 1. The Morgan fingerprint density at radius 1 is 1.52 bits per heavy atom. The molecule has 1 aromatic rings. The third-order valence-corrected chi connectivity index (χ3v) is 4.49. The summed E-state index contributed by atoms with van der Waals surface area (Å²) >= 11 is 1.73. The summed E-state index contributed by atoms with van der Waals surface area (Å²) in [7, 11) is 0. The molecule has 23 heavy (non-hydrogen) atoms.